The van der Waals surface area contributed by atoms with Crippen molar-refractivity contribution in [2.75, 3.05) is 20.3 Å². The van der Waals surface area contributed by atoms with E-state index in [1.807, 2.05) is 30.1 Å². The number of carbonyl (C=O) groups excluding carboxylic acids is 1. The van der Waals surface area contributed by atoms with Crippen molar-refractivity contribution in [3.63, 3.8) is 0 Å². The average molecular weight is 402 g/mol. The molecule has 3 heterocycles. The van der Waals surface area contributed by atoms with E-state index in [9.17, 15) is 4.79 Å². The van der Waals surface area contributed by atoms with Crippen LogP contribution in [0.2, 0.25) is 0 Å². The number of hydrazine groups is 1. The van der Waals surface area contributed by atoms with Gasteiger partial charge in [-0.25, -0.2) is 5.43 Å². The topological polar surface area (TPSA) is 72.1 Å². The van der Waals surface area contributed by atoms with E-state index in [0.29, 0.717) is 6.61 Å². The summed E-state index contributed by atoms with van der Waals surface area (Å²) >= 11 is 0. The van der Waals surface area contributed by atoms with Gasteiger partial charge in [0.2, 0.25) is 11.8 Å². The molecule has 1 fully saturated rings. The van der Waals surface area contributed by atoms with Crippen molar-refractivity contribution in [2.45, 2.75) is 63.8 Å². The number of hydrogen-bond donors (Lipinski definition) is 2. The summed E-state index contributed by atoms with van der Waals surface area (Å²) in [6.07, 6.45) is 6.23. The highest BCUT2D eigenvalue weighted by Gasteiger charge is 2.37. The fraction of sp³-hybridized carbons (Fsp3) is 0.591. The Labute approximate surface area is 172 Å². The zero-order valence-corrected chi connectivity index (χ0v) is 17.4. The fourth-order valence-corrected chi connectivity index (χ4v) is 4.24. The molecule has 1 aromatic carbocycles. The minimum atomic E-state index is -0.452. The third-order valence-corrected chi connectivity index (χ3v) is 5.83. The van der Waals surface area contributed by atoms with Crippen LogP contribution in [-0.2, 0) is 14.3 Å². The molecule has 1 amide bonds. The van der Waals surface area contributed by atoms with Crippen LogP contribution in [0, 0.1) is 6.92 Å². The number of hydrogen-bond acceptors (Lipinski definition) is 6. The van der Waals surface area contributed by atoms with Crippen LogP contribution in [0.15, 0.2) is 30.2 Å². The molecule has 7 heteroatoms. The standard InChI is InChI=1S/C22H31N3O4/c1-4-5-6-15-9-10-25-20(29-15)12-17(24-25)22(26)23-18-13-28-19-8-7-14(2)11-16(19)21(18)27-3/h7-8,11-12,15,17-18,21,24H,4-6,9-10,13H2,1-3H3,(H,23,26). The van der Waals surface area contributed by atoms with Crippen molar-refractivity contribution >= 4 is 5.91 Å². The maximum Gasteiger partial charge on any atom is 0.243 e. The minimum Gasteiger partial charge on any atom is -0.491 e. The number of aryl methyl sites for hydroxylation is 1. The largest absolute Gasteiger partial charge is 0.491 e. The number of carbonyl (C=O) groups is 1. The van der Waals surface area contributed by atoms with Gasteiger partial charge in [0.05, 0.1) is 6.04 Å². The molecule has 0 aliphatic carbocycles. The van der Waals surface area contributed by atoms with Crippen LogP contribution in [0.1, 0.15) is 49.8 Å². The number of amides is 1. The molecule has 158 valence electrons. The number of methoxy groups -OCH3 is 1. The lowest BCUT2D eigenvalue weighted by molar-refractivity contribution is -0.125. The molecule has 3 aliphatic heterocycles. The van der Waals surface area contributed by atoms with Gasteiger partial charge in [-0.05, 0) is 25.5 Å². The van der Waals surface area contributed by atoms with Crippen LogP contribution in [0.3, 0.4) is 0 Å². The Morgan fingerprint density at radius 3 is 3.07 bits per heavy atom. The Kier molecular flexibility index (Phi) is 5.96. The number of benzene rings is 1. The van der Waals surface area contributed by atoms with E-state index < -0.39 is 6.04 Å². The maximum atomic E-state index is 12.9. The zero-order chi connectivity index (χ0) is 20.4. The number of fused-ring (bicyclic) bond motifs is 2. The summed E-state index contributed by atoms with van der Waals surface area (Å²) in [5, 5.41) is 5.04. The lowest BCUT2D eigenvalue weighted by Gasteiger charge is -2.34. The van der Waals surface area contributed by atoms with Crippen LogP contribution in [0.4, 0.5) is 0 Å². The monoisotopic (exact) mass is 401 g/mol. The summed E-state index contributed by atoms with van der Waals surface area (Å²) in [5.74, 6) is 1.48. The highest BCUT2D eigenvalue weighted by molar-refractivity contribution is 5.84. The number of nitrogens with zero attached hydrogens (tertiary/aromatic N) is 1. The fourth-order valence-electron chi connectivity index (χ4n) is 4.24. The Balaban J connectivity index is 1.40. The van der Waals surface area contributed by atoms with E-state index in [0.717, 1.165) is 48.6 Å². The molecule has 4 unspecified atom stereocenters. The van der Waals surface area contributed by atoms with Gasteiger partial charge in [0.1, 0.15) is 30.6 Å². The van der Waals surface area contributed by atoms with Gasteiger partial charge >= 0.3 is 0 Å². The Hall–Kier alpha value is -2.25. The zero-order valence-electron chi connectivity index (χ0n) is 17.4. The van der Waals surface area contributed by atoms with Crippen LogP contribution in [-0.4, -0.2) is 49.4 Å². The van der Waals surface area contributed by atoms with Crippen molar-refractivity contribution in [3.8, 4) is 5.75 Å². The predicted octanol–water partition coefficient (Wildman–Crippen LogP) is 2.57. The maximum absolute atomic E-state index is 12.9. The van der Waals surface area contributed by atoms with Gasteiger partial charge in [0.15, 0.2) is 0 Å². The van der Waals surface area contributed by atoms with Gasteiger partial charge in [-0.3, -0.25) is 9.80 Å². The van der Waals surface area contributed by atoms with Crippen molar-refractivity contribution < 1.29 is 19.0 Å². The molecular formula is C22H31N3O4. The summed E-state index contributed by atoms with van der Waals surface area (Å²) in [6.45, 7) is 5.45. The van der Waals surface area contributed by atoms with Gasteiger partial charge in [-0.1, -0.05) is 31.4 Å². The summed E-state index contributed by atoms with van der Waals surface area (Å²) < 4.78 is 17.7. The van der Waals surface area contributed by atoms with Crippen molar-refractivity contribution in [2.24, 2.45) is 0 Å². The molecule has 1 saturated heterocycles. The molecule has 0 saturated carbocycles. The summed E-state index contributed by atoms with van der Waals surface area (Å²) in [6, 6.07) is 5.33. The first-order chi connectivity index (χ1) is 14.1. The van der Waals surface area contributed by atoms with Gasteiger partial charge in [-0.15, -0.1) is 0 Å². The first-order valence-electron chi connectivity index (χ1n) is 10.6. The molecule has 3 aliphatic rings. The van der Waals surface area contributed by atoms with Gasteiger partial charge < -0.3 is 19.5 Å². The second-order valence-corrected chi connectivity index (χ2v) is 8.06. The van der Waals surface area contributed by atoms with Gasteiger partial charge in [-0.2, -0.15) is 0 Å². The van der Waals surface area contributed by atoms with E-state index in [1.54, 1.807) is 7.11 Å². The van der Waals surface area contributed by atoms with Gasteiger partial charge in [0.25, 0.3) is 0 Å². The molecule has 0 spiro atoms. The second-order valence-electron chi connectivity index (χ2n) is 8.06. The molecule has 4 atom stereocenters. The van der Waals surface area contributed by atoms with Crippen LogP contribution in [0.5, 0.6) is 5.75 Å². The highest BCUT2D eigenvalue weighted by Crippen LogP contribution is 2.35. The normalized spacial score (nSPS) is 28.0. The van der Waals surface area contributed by atoms with Gasteiger partial charge in [0, 0.05) is 31.7 Å². The Morgan fingerprint density at radius 1 is 1.41 bits per heavy atom. The molecule has 0 bridgehead atoms. The van der Waals surface area contributed by atoms with E-state index in [4.69, 9.17) is 14.2 Å². The van der Waals surface area contributed by atoms with Crippen molar-refractivity contribution in [1.82, 2.24) is 15.8 Å². The second kappa shape index (κ2) is 8.63. The summed E-state index contributed by atoms with van der Waals surface area (Å²) in [4.78, 5) is 12.9. The predicted molar refractivity (Wildman–Crippen MR) is 109 cm³/mol. The number of ether oxygens (including phenoxy) is 3. The summed E-state index contributed by atoms with van der Waals surface area (Å²) in [5.41, 5.74) is 5.35. The van der Waals surface area contributed by atoms with Crippen LogP contribution in [0.25, 0.3) is 0 Å². The minimum absolute atomic E-state index is 0.104. The molecule has 29 heavy (non-hydrogen) atoms. The smallest absolute Gasteiger partial charge is 0.243 e. The molecule has 4 rings (SSSR count). The summed E-state index contributed by atoms with van der Waals surface area (Å²) in [7, 11) is 1.67. The molecule has 2 N–H and O–H groups in total. The molecule has 7 nitrogen and oxygen atoms in total. The van der Waals surface area contributed by atoms with Crippen LogP contribution < -0.4 is 15.5 Å². The third-order valence-electron chi connectivity index (χ3n) is 5.83. The molecule has 0 aromatic heterocycles. The SMILES string of the molecule is CCCCC1CCN2NC(C(=O)NC3COc4ccc(C)cc4C3OC)C=C2O1. The quantitative estimate of drug-likeness (QED) is 0.763. The highest BCUT2D eigenvalue weighted by atomic mass is 16.5. The lowest BCUT2D eigenvalue weighted by atomic mass is 9.97. The molecule has 0 radical (unpaired) electrons. The Bertz CT molecular complexity index is 781. The molecule has 1 aromatic rings. The number of unbranched alkanes of at least 4 members (excludes halogenated alkanes) is 1. The van der Waals surface area contributed by atoms with Crippen molar-refractivity contribution in [1.29, 1.82) is 0 Å². The first-order valence-corrected chi connectivity index (χ1v) is 10.6. The third kappa shape index (κ3) is 4.21. The lowest BCUT2D eigenvalue weighted by Crippen LogP contribution is -2.53. The number of rotatable bonds is 6. The molecular weight excluding hydrogens is 370 g/mol. The number of nitrogens with one attached hydrogen (secondary N) is 2. The first kappa shape index (κ1) is 20.0. The van der Waals surface area contributed by atoms with E-state index in [1.165, 1.54) is 6.42 Å². The average Bonchev–Trinajstić information content (AvgIpc) is 3.15. The van der Waals surface area contributed by atoms with E-state index in [2.05, 4.69) is 23.7 Å². The van der Waals surface area contributed by atoms with E-state index in [-0.39, 0.29) is 24.2 Å². The van der Waals surface area contributed by atoms with Crippen molar-refractivity contribution in [3.05, 3.63) is 41.3 Å². The van der Waals surface area contributed by atoms with E-state index >= 15 is 0 Å². The Morgan fingerprint density at radius 2 is 2.28 bits per heavy atom. The van der Waals surface area contributed by atoms with Crippen LogP contribution >= 0.6 is 0 Å².